The summed E-state index contributed by atoms with van der Waals surface area (Å²) in [7, 11) is 7.17. The molecule has 11 nitrogen and oxygen atoms in total. The molecule has 0 saturated carbocycles. The molecule has 0 radical (unpaired) electrons. The van der Waals surface area contributed by atoms with Crippen LogP contribution in [0.4, 0.5) is 0 Å². The lowest BCUT2D eigenvalue weighted by Gasteiger charge is -2.30. The van der Waals surface area contributed by atoms with Gasteiger partial charge in [-0.25, -0.2) is 0 Å². The number of aliphatic hydroxyl groups excluding tert-OH is 2. The number of phosphoric acid groups is 1. The lowest BCUT2D eigenvalue weighted by molar-refractivity contribution is -0.870. The summed E-state index contributed by atoms with van der Waals surface area (Å²) >= 11 is 0. The number of esters is 1. The summed E-state index contributed by atoms with van der Waals surface area (Å²) < 4.78 is 28.0. The number of nitrogens with zero attached hydrogens (tertiary/aromatic N) is 2. The molecule has 0 aliphatic rings. The number of ether oxygens (including phenoxy) is 2. The van der Waals surface area contributed by atoms with Crippen molar-refractivity contribution in [2.45, 2.75) is 200 Å². The van der Waals surface area contributed by atoms with Crippen LogP contribution in [0.3, 0.4) is 0 Å². The first kappa shape index (κ1) is 62.4. The van der Waals surface area contributed by atoms with Crippen LogP contribution in [-0.2, 0) is 23.4 Å². The fourth-order valence-corrected chi connectivity index (χ4v) is 6.44. The second kappa shape index (κ2) is 45.2. The van der Waals surface area contributed by atoms with Crippen molar-refractivity contribution >= 4 is 13.8 Å². The minimum absolute atomic E-state index is 0.0244. The molecule has 59 heavy (non-hydrogen) atoms. The summed E-state index contributed by atoms with van der Waals surface area (Å²) in [4.78, 5) is 34.2. The number of unbranched alkanes of at least 4 members (excludes halogenated alkanes) is 24. The topological polar surface area (TPSA) is 148 Å². The highest BCUT2D eigenvalue weighted by molar-refractivity contribution is 7.43. The lowest BCUT2D eigenvalue weighted by Crippen LogP contribution is -2.36. The SMILES string of the molecule is CCCCCCCC/C=C\CCCCCCCC(=O)OC(COCCCCCCCCCCCCCCCC)COP(=O)([O-])[O-].C[N+](C)(C)CCO.C[N+](C)(C)CCO. The van der Waals surface area contributed by atoms with E-state index < -0.39 is 26.5 Å². The maximum atomic E-state index is 12.3. The van der Waals surface area contributed by atoms with Gasteiger partial charge in [-0.3, -0.25) is 4.79 Å². The molecule has 0 bridgehead atoms. The van der Waals surface area contributed by atoms with Gasteiger partial charge in [-0.05, 0) is 38.5 Å². The zero-order valence-electron chi connectivity index (χ0n) is 40.1. The van der Waals surface area contributed by atoms with E-state index in [0.29, 0.717) is 6.61 Å². The summed E-state index contributed by atoms with van der Waals surface area (Å²) in [6, 6.07) is 0. The number of hydrogen-bond acceptors (Lipinski definition) is 9. The Kier molecular flexibility index (Phi) is 47.8. The van der Waals surface area contributed by atoms with Crippen LogP contribution in [0, 0.1) is 0 Å². The molecular formula is C47H99N2O9P. The van der Waals surface area contributed by atoms with Crippen LogP contribution in [0.1, 0.15) is 194 Å². The Hall–Kier alpha value is -0.880. The van der Waals surface area contributed by atoms with Crippen molar-refractivity contribution < 1.29 is 52.3 Å². The van der Waals surface area contributed by atoms with E-state index in [0.717, 1.165) is 73.4 Å². The zero-order valence-corrected chi connectivity index (χ0v) is 41.0. The number of rotatable bonds is 40. The molecular weight excluding hydrogens is 767 g/mol. The average Bonchev–Trinajstić information content (AvgIpc) is 3.14. The minimum Gasteiger partial charge on any atom is -0.790 e. The second-order valence-electron chi connectivity index (χ2n) is 18.3. The van der Waals surface area contributed by atoms with Gasteiger partial charge in [0.2, 0.25) is 0 Å². The quantitative estimate of drug-likeness (QED) is 0.0202. The van der Waals surface area contributed by atoms with E-state index in [4.69, 9.17) is 19.7 Å². The fraction of sp³-hybridized carbons (Fsp3) is 0.936. The van der Waals surface area contributed by atoms with E-state index in [9.17, 15) is 19.1 Å². The van der Waals surface area contributed by atoms with E-state index >= 15 is 0 Å². The molecule has 0 amide bonds. The van der Waals surface area contributed by atoms with Crippen LogP contribution in [0.25, 0.3) is 0 Å². The van der Waals surface area contributed by atoms with E-state index in [1.165, 1.54) is 122 Å². The van der Waals surface area contributed by atoms with Crippen LogP contribution < -0.4 is 9.79 Å². The van der Waals surface area contributed by atoms with Crippen molar-refractivity contribution in [3.63, 3.8) is 0 Å². The molecule has 0 spiro atoms. The van der Waals surface area contributed by atoms with Crippen molar-refractivity contribution in [2.24, 2.45) is 0 Å². The van der Waals surface area contributed by atoms with E-state index in [2.05, 4.69) is 72.8 Å². The molecule has 1 atom stereocenters. The van der Waals surface area contributed by atoms with Gasteiger partial charge >= 0.3 is 5.97 Å². The summed E-state index contributed by atoms with van der Waals surface area (Å²) in [6.45, 7) is 6.77. The Morgan fingerprint density at radius 2 is 0.915 bits per heavy atom. The number of carbonyl (C=O) groups is 1. The Morgan fingerprint density at radius 1 is 0.559 bits per heavy atom. The van der Waals surface area contributed by atoms with Crippen molar-refractivity contribution in [2.75, 3.05) is 88.4 Å². The van der Waals surface area contributed by atoms with Gasteiger partial charge in [0.05, 0.1) is 76.5 Å². The molecule has 0 fully saturated rings. The molecule has 0 aliphatic heterocycles. The van der Waals surface area contributed by atoms with Crippen molar-refractivity contribution in [3.8, 4) is 0 Å². The Bertz CT molecular complexity index is 919. The van der Waals surface area contributed by atoms with Gasteiger partial charge < -0.3 is 47.5 Å². The molecule has 356 valence electrons. The van der Waals surface area contributed by atoms with Gasteiger partial charge in [-0.2, -0.15) is 0 Å². The smallest absolute Gasteiger partial charge is 0.306 e. The Labute approximate surface area is 365 Å². The molecule has 0 heterocycles. The van der Waals surface area contributed by atoms with Gasteiger partial charge in [0.15, 0.2) is 0 Å². The highest BCUT2D eigenvalue weighted by Crippen LogP contribution is 2.25. The summed E-state index contributed by atoms with van der Waals surface area (Å²) in [5.74, 6) is -0.409. The predicted molar refractivity (Wildman–Crippen MR) is 244 cm³/mol. The third-order valence-corrected chi connectivity index (χ3v) is 10.3. The normalized spacial score (nSPS) is 12.5. The second-order valence-corrected chi connectivity index (χ2v) is 19.5. The standard InChI is InChI=1S/C37H73O7P.2C5H14NO/c1-3-5-7-9-11-13-15-17-19-20-22-24-26-28-30-32-37(38)44-36(35-43-45(39,40)41)34-42-33-31-29-27-25-23-21-18-16-14-12-10-8-6-4-2;2*1-6(2,3)4-5-7/h17,19,36H,3-16,18,20-35H2,1-2H3,(H2,39,40,41);2*7H,4-5H2,1-3H3/q;2*+1/p-2/b19-17-;;. The average molecular weight is 867 g/mol. The van der Waals surface area contributed by atoms with Gasteiger partial charge in [0, 0.05) is 13.0 Å². The first-order valence-electron chi connectivity index (χ1n) is 23.9. The maximum absolute atomic E-state index is 12.3. The highest BCUT2D eigenvalue weighted by atomic mass is 31.2. The molecule has 2 N–H and O–H groups in total. The third kappa shape index (κ3) is 63.9. The monoisotopic (exact) mass is 867 g/mol. The van der Waals surface area contributed by atoms with E-state index in [1.54, 1.807) is 0 Å². The first-order valence-corrected chi connectivity index (χ1v) is 25.4. The number of likely N-dealkylation sites (N-methyl/N-ethyl adjacent to an activating group) is 2. The molecule has 0 aliphatic carbocycles. The number of allylic oxidation sites excluding steroid dienone is 2. The minimum atomic E-state index is -5.14. The van der Waals surface area contributed by atoms with Crippen molar-refractivity contribution in [1.82, 2.24) is 0 Å². The lowest BCUT2D eigenvalue weighted by atomic mass is 10.0. The third-order valence-electron chi connectivity index (χ3n) is 9.85. The van der Waals surface area contributed by atoms with Crippen LogP contribution in [0.5, 0.6) is 0 Å². The van der Waals surface area contributed by atoms with Crippen LogP contribution in [-0.4, -0.2) is 120 Å². The fourth-order valence-electron chi connectivity index (χ4n) is 6.09. The Morgan fingerprint density at radius 3 is 1.25 bits per heavy atom. The van der Waals surface area contributed by atoms with Crippen LogP contribution >= 0.6 is 7.82 Å². The van der Waals surface area contributed by atoms with Gasteiger partial charge in [0.1, 0.15) is 19.2 Å². The summed E-state index contributed by atoms with van der Waals surface area (Å²) in [5, 5.41) is 16.8. The number of carbonyl (C=O) groups excluding carboxylic acids is 1. The van der Waals surface area contributed by atoms with Crippen LogP contribution in [0.2, 0.25) is 0 Å². The number of hydrogen-bond donors (Lipinski definition) is 2. The molecule has 0 aromatic carbocycles. The zero-order chi connectivity index (χ0) is 44.9. The summed E-state index contributed by atoms with van der Waals surface area (Å²) in [6.07, 6.45) is 37.3. The van der Waals surface area contributed by atoms with Gasteiger partial charge in [0.25, 0.3) is 0 Å². The molecule has 12 heteroatoms. The van der Waals surface area contributed by atoms with Crippen molar-refractivity contribution in [3.05, 3.63) is 12.2 Å². The molecule has 0 aromatic heterocycles. The largest absolute Gasteiger partial charge is 0.790 e. The number of aliphatic hydroxyl groups is 2. The van der Waals surface area contributed by atoms with E-state index in [1.807, 2.05) is 0 Å². The highest BCUT2D eigenvalue weighted by Gasteiger charge is 2.16. The summed E-state index contributed by atoms with van der Waals surface area (Å²) in [5.41, 5.74) is 0. The number of quaternary nitrogens is 2. The van der Waals surface area contributed by atoms with Gasteiger partial charge in [-0.15, -0.1) is 0 Å². The maximum Gasteiger partial charge on any atom is 0.306 e. The van der Waals surface area contributed by atoms with Crippen LogP contribution in [0.15, 0.2) is 12.2 Å². The first-order chi connectivity index (χ1) is 28.0. The molecule has 0 saturated heterocycles. The molecule has 0 aromatic rings. The van der Waals surface area contributed by atoms with Crippen molar-refractivity contribution in [1.29, 1.82) is 0 Å². The predicted octanol–water partition coefficient (Wildman–Crippen LogP) is 9.65. The Balaban J connectivity index is -0.00000189. The number of phosphoric ester groups is 1. The van der Waals surface area contributed by atoms with Gasteiger partial charge in [-0.1, -0.05) is 161 Å². The molecule has 1 unspecified atom stereocenters. The molecule has 0 rings (SSSR count). The van der Waals surface area contributed by atoms with E-state index in [-0.39, 0.29) is 26.2 Å².